The van der Waals surface area contributed by atoms with E-state index in [1.54, 1.807) is 12.1 Å². The third kappa shape index (κ3) is 5.74. The first-order chi connectivity index (χ1) is 22.1. The van der Waals surface area contributed by atoms with Gasteiger partial charge in [0.1, 0.15) is 5.54 Å². The molecule has 4 fully saturated rings. The molecular weight excluding hydrogens is 661 g/mol. The van der Waals surface area contributed by atoms with Crippen molar-refractivity contribution in [3.63, 3.8) is 0 Å². The Balaban J connectivity index is 1.68. The highest BCUT2D eigenvalue weighted by Gasteiger charge is 2.71. The molecule has 2 unspecified atom stereocenters. The van der Waals surface area contributed by atoms with Crippen molar-refractivity contribution >= 4 is 29.1 Å². The Hall–Kier alpha value is -2.75. The van der Waals surface area contributed by atoms with Crippen molar-refractivity contribution in [1.82, 2.24) is 5.32 Å². The molecule has 0 saturated carbocycles. The number of halogens is 8. The molecule has 0 radical (unpaired) electrons. The topological polar surface area (TPSA) is 29.1 Å². The summed E-state index contributed by atoms with van der Waals surface area (Å²) >= 11 is 13.0. The summed E-state index contributed by atoms with van der Waals surface area (Å²) < 4.78 is 85.8. The lowest BCUT2D eigenvalue weighted by atomic mass is 9.48. The van der Waals surface area contributed by atoms with E-state index in [-0.39, 0.29) is 42.3 Å². The van der Waals surface area contributed by atoms with Gasteiger partial charge in [0, 0.05) is 44.1 Å². The first-order valence-electron chi connectivity index (χ1n) is 16.0. The lowest BCUT2D eigenvalue weighted by Crippen LogP contribution is -2.82. The fraction of sp³-hybridized carbons (Fsp3) is 0.472. The third-order valence-electron chi connectivity index (χ3n) is 11.7. The molecule has 11 heteroatoms. The second-order valence-corrected chi connectivity index (χ2v) is 14.5. The summed E-state index contributed by atoms with van der Waals surface area (Å²) in [5.41, 5.74) is -3.00. The number of nitrogens with one attached hydrogen (secondary N) is 1. The van der Waals surface area contributed by atoms with Gasteiger partial charge >= 0.3 is 12.4 Å². The lowest BCUT2D eigenvalue weighted by Gasteiger charge is -2.70. The van der Waals surface area contributed by atoms with E-state index in [0.29, 0.717) is 53.4 Å². The maximum atomic E-state index is 14.2. The van der Waals surface area contributed by atoms with Gasteiger partial charge in [0.25, 0.3) is 0 Å². The van der Waals surface area contributed by atoms with E-state index < -0.39 is 34.4 Å². The monoisotopic (exact) mass is 697 g/mol. The van der Waals surface area contributed by atoms with E-state index in [2.05, 4.69) is 24.4 Å². The fourth-order valence-corrected chi connectivity index (χ4v) is 9.69. The molecule has 1 N–H and O–H groups in total. The summed E-state index contributed by atoms with van der Waals surface area (Å²) in [6, 6.07) is 17.3. The Bertz CT molecular complexity index is 1620. The number of likely N-dealkylation sites (N-methyl/N-ethyl adjacent to an activating group) is 1. The number of hydrogen-bond donors (Lipinski definition) is 1. The van der Waals surface area contributed by atoms with Crippen LogP contribution in [0, 0.1) is 0 Å². The maximum Gasteiger partial charge on any atom is 0.416 e. The smallest absolute Gasteiger partial charge is 0.355 e. The van der Waals surface area contributed by atoms with Gasteiger partial charge in [-0.3, -0.25) is 4.79 Å². The number of alkyl halides is 6. The molecule has 2 atom stereocenters. The summed E-state index contributed by atoms with van der Waals surface area (Å²) in [5.74, 6) is -0.141. The van der Waals surface area contributed by atoms with Gasteiger partial charge in [-0.1, -0.05) is 59.6 Å². The van der Waals surface area contributed by atoms with Crippen molar-refractivity contribution in [3.8, 4) is 0 Å². The SMILES string of the molecule is CC[N+]12CCC(c3ccccc3)(CC1)CC2(Cc1cc(C(F)(F)F)cc(C(F)(F)F)c1)C1(c2ccc(Cl)c(Cl)c2)CCCC(=O)NC1. The van der Waals surface area contributed by atoms with Crippen LogP contribution in [-0.2, 0) is 34.4 Å². The zero-order valence-corrected chi connectivity index (χ0v) is 27.5. The average molecular weight is 699 g/mol. The molecule has 4 aliphatic heterocycles. The van der Waals surface area contributed by atoms with Gasteiger partial charge in [-0.25, -0.2) is 0 Å². The number of carbonyl (C=O) groups is 1. The van der Waals surface area contributed by atoms with Crippen LogP contribution in [0.1, 0.15) is 73.3 Å². The van der Waals surface area contributed by atoms with Crippen LogP contribution in [0.5, 0.6) is 0 Å². The van der Waals surface area contributed by atoms with E-state index in [9.17, 15) is 31.1 Å². The summed E-state index contributed by atoms with van der Waals surface area (Å²) in [5, 5.41) is 3.74. The zero-order chi connectivity index (χ0) is 33.9. The summed E-state index contributed by atoms with van der Waals surface area (Å²) in [6.45, 7) is 4.22. The van der Waals surface area contributed by atoms with Crippen LogP contribution in [0.4, 0.5) is 26.3 Å². The zero-order valence-electron chi connectivity index (χ0n) is 26.0. The van der Waals surface area contributed by atoms with Crippen LogP contribution < -0.4 is 5.32 Å². The number of hydrogen-bond acceptors (Lipinski definition) is 1. The summed E-state index contributed by atoms with van der Waals surface area (Å²) in [4.78, 5) is 13.0. The van der Waals surface area contributed by atoms with Gasteiger partial charge in [0.2, 0.25) is 5.91 Å². The number of piperidine rings is 3. The van der Waals surface area contributed by atoms with Gasteiger partial charge in [-0.2, -0.15) is 26.3 Å². The van der Waals surface area contributed by atoms with Crippen molar-refractivity contribution in [2.75, 3.05) is 26.2 Å². The van der Waals surface area contributed by atoms with Gasteiger partial charge < -0.3 is 9.80 Å². The molecule has 3 aromatic carbocycles. The molecule has 2 bridgehead atoms. The molecule has 0 spiro atoms. The molecule has 4 saturated heterocycles. The molecule has 4 heterocycles. The molecule has 47 heavy (non-hydrogen) atoms. The van der Waals surface area contributed by atoms with E-state index >= 15 is 0 Å². The van der Waals surface area contributed by atoms with E-state index in [1.807, 2.05) is 24.3 Å². The number of nitrogens with zero attached hydrogens (tertiary/aromatic N) is 1. The number of amides is 1. The molecule has 4 aliphatic rings. The minimum Gasteiger partial charge on any atom is -0.355 e. The van der Waals surface area contributed by atoms with Crippen molar-refractivity contribution in [2.24, 2.45) is 0 Å². The quantitative estimate of drug-likeness (QED) is 0.202. The van der Waals surface area contributed by atoms with Crippen LogP contribution in [0.3, 0.4) is 0 Å². The Kier molecular flexibility index (Phi) is 8.70. The number of quaternary nitrogens is 1. The van der Waals surface area contributed by atoms with Crippen LogP contribution in [0.15, 0.2) is 66.7 Å². The van der Waals surface area contributed by atoms with Crippen molar-refractivity contribution in [1.29, 1.82) is 0 Å². The second-order valence-electron chi connectivity index (χ2n) is 13.7. The van der Waals surface area contributed by atoms with Gasteiger partial charge in [0.05, 0.1) is 46.2 Å². The second kappa shape index (κ2) is 12.0. The number of benzene rings is 3. The predicted molar refractivity (Wildman–Crippen MR) is 170 cm³/mol. The summed E-state index contributed by atoms with van der Waals surface area (Å²) in [6.07, 6.45) is -6.61. The Labute approximate surface area is 280 Å². The molecule has 252 valence electrons. The van der Waals surface area contributed by atoms with Crippen LogP contribution in [0.25, 0.3) is 0 Å². The number of fused-ring (bicyclic) bond motifs is 3. The highest BCUT2D eigenvalue weighted by molar-refractivity contribution is 6.42. The third-order valence-corrected chi connectivity index (χ3v) is 12.4. The molecule has 0 aliphatic carbocycles. The molecule has 1 amide bonds. The Morgan fingerprint density at radius 2 is 1.45 bits per heavy atom. The molecule has 7 rings (SSSR count). The largest absolute Gasteiger partial charge is 0.416 e. The van der Waals surface area contributed by atoms with E-state index in [4.69, 9.17) is 23.2 Å². The standard InChI is InChI=1S/C36H36Cl2F6N2O/c1-2-46-15-13-32(14-16-46,25-7-4-3-5-8-25)22-34(46,21-24-17-27(35(39,40)41)19-28(18-24)36(42,43)44)33(12-6-9-31(47)45-23-33)26-10-11-29(37)30(38)20-26/h3-5,7-8,10-11,17-20H,2,6,9,12-16,21-23H2,1H3/p+1. The first kappa shape index (κ1) is 34.1. The van der Waals surface area contributed by atoms with Crippen molar-refractivity contribution in [2.45, 2.75) is 80.6 Å². The highest BCUT2D eigenvalue weighted by Crippen LogP contribution is 2.62. The van der Waals surface area contributed by atoms with Crippen LogP contribution >= 0.6 is 23.2 Å². The lowest BCUT2D eigenvalue weighted by molar-refractivity contribution is -0.996. The van der Waals surface area contributed by atoms with Crippen LogP contribution in [0.2, 0.25) is 10.0 Å². The number of rotatable bonds is 6. The minimum absolute atomic E-state index is 0.0242. The first-order valence-corrected chi connectivity index (χ1v) is 16.8. The summed E-state index contributed by atoms with van der Waals surface area (Å²) in [7, 11) is 0. The Morgan fingerprint density at radius 3 is 2.02 bits per heavy atom. The average Bonchev–Trinajstić information content (AvgIpc) is 3.24. The van der Waals surface area contributed by atoms with E-state index in [1.165, 1.54) is 0 Å². The van der Waals surface area contributed by atoms with Crippen LogP contribution in [-0.4, -0.2) is 42.1 Å². The molecule has 3 aromatic rings. The number of carbonyl (C=O) groups excluding carboxylic acids is 1. The van der Waals surface area contributed by atoms with Gasteiger partial charge in [-0.15, -0.1) is 0 Å². The highest BCUT2D eigenvalue weighted by atomic mass is 35.5. The fourth-order valence-electron chi connectivity index (χ4n) is 9.39. The molecular formula is C36H37Cl2F6N2O+. The van der Waals surface area contributed by atoms with E-state index in [0.717, 1.165) is 36.1 Å². The Morgan fingerprint density at radius 1 is 0.809 bits per heavy atom. The minimum atomic E-state index is -4.98. The normalized spacial score (nSPS) is 29.8. The predicted octanol–water partition coefficient (Wildman–Crippen LogP) is 9.52. The van der Waals surface area contributed by atoms with Gasteiger partial charge in [-0.05, 0) is 66.8 Å². The van der Waals surface area contributed by atoms with Crippen molar-refractivity contribution in [3.05, 3.63) is 105 Å². The molecule has 3 nitrogen and oxygen atoms in total. The maximum absolute atomic E-state index is 14.2. The van der Waals surface area contributed by atoms with Gasteiger partial charge in [0.15, 0.2) is 0 Å². The van der Waals surface area contributed by atoms with Crippen molar-refractivity contribution < 1.29 is 35.6 Å². The molecule has 0 aromatic heterocycles.